The average molecular weight is 367 g/mol. The van der Waals surface area contributed by atoms with E-state index in [1.165, 1.54) is 10.9 Å². The van der Waals surface area contributed by atoms with Crippen molar-refractivity contribution >= 4 is 17.0 Å². The summed E-state index contributed by atoms with van der Waals surface area (Å²) in [4.78, 5) is 29.7. The molecule has 1 unspecified atom stereocenters. The molecule has 7 heteroatoms. The van der Waals surface area contributed by atoms with Gasteiger partial charge in [-0.25, -0.2) is 4.98 Å². The lowest BCUT2D eigenvalue weighted by Gasteiger charge is -2.28. The van der Waals surface area contributed by atoms with Gasteiger partial charge in [0, 0.05) is 19.0 Å². The van der Waals surface area contributed by atoms with Gasteiger partial charge in [0.15, 0.2) is 0 Å². The number of hydrogen-bond donors (Lipinski definition) is 1. The van der Waals surface area contributed by atoms with Crippen molar-refractivity contribution < 1.29 is 13.9 Å². The third-order valence-electron chi connectivity index (χ3n) is 4.96. The van der Waals surface area contributed by atoms with Crippen LogP contribution in [0, 0.1) is 20.8 Å². The Morgan fingerprint density at radius 3 is 2.85 bits per heavy atom. The Morgan fingerprint density at radius 1 is 1.30 bits per heavy atom. The molecule has 7 nitrogen and oxygen atoms in total. The Morgan fingerprint density at radius 2 is 2.07 bits per heavy atom. The summed E-state index contributed by atoms with van der Waals surface area (Å²) in [6.07, 6.45) is 2.04. The molecule has 1 aromatic carbocycles. The molecule has 1 N–H and O–H groups in total. The summed E-state index contributed by atoms with van der Waals surface area (Å²) in [5, 5.41) is 3.27. The van der Waals surface area contributed by atoms with Gasteiger partial charge in [-0.3, -0.25) is 9.59 Å². The third kappa shape index (κ3) is 2.79. The normalized spacial score (nSPS) is 16.1. The Bertz CT molecular complexity index is 1130. The van der Waals surface area contributed by atoms with Gasteiger partial charge < -0.3 is 19.0 Å². The van der Waals surface area contributed by atoms with E-state index >= 15 is 0 Å². The van der Waals surface area contributed by atoms with Crippen molar-refractivity contribution in [2.75, 3.05) is 6.61 Å². The van der Waals surface area contributed by atoms with Gasteiger partial charge in [-0.1, -0.05) is 17.7 Å². The van der Waals surface area contributed by atoms with Crippen LogP contribution in [-0.2, 0) is 7.05 Å². The van der Waals surface area contributed by atoms with Crippen molar-refractivity contribution in [2.24, 2.45) is 7.05 Å². The predicted molar refractivity (Wildman–Crippen MR) is 100 cm³/mol. The minimum absolute atomic E-state index is 0.180. The molecular weight excluding hydrogens is 346 g/mol. The maximum absolute atomic E-state index is 13.1. The van der Waals surface area contributed by atoms with E-state index in [1.54, 1.807) is 14.0 Å². The molecule has 0 bridgehead atoms. The minimum atomic E-state index is -0.339. The Kier molecular flexibility index (Phi) is 4.02. The number of benzene rings is 1. The van der Waals surface area contributed by atoms with Crippen LogP contribution < -0.4 is 15.6 Å². The van der Waals surface area contributed by atoms with Crippen molar-refractivity contribution in [3.63, 3.8) is 0 Å². The highest BCUT2D eigenvalue weighted by atomic mass is 16.5. The van der Waals surface area contributed by atoms with Crippen LogP contribution in [0.3, 0.4) is 0 Å². The maximum Gasteiger partial charge on any atom is 0.265 e. The highest BCUT2D eigenvalue weighted by Gasteiger charge is 2.28. The molecule has 0 fully saturated rings. The van der Waals surface area contributed by atoms with Gasteiger partial charge in [0.25, 0.3) is 11.5 Å². The van der Waals surface area contributed by atoms with Crippen molar-refractivity contribution in [3.05, 3.63) is 56.8 Å². The maximum atomic E-state index is 13.1. The third-order valence-corrected chi connectivity index (χ3v) is 4.96. The first-order chi connectivity index (χ1) is 12.9. The topological polar surface area (TPSA) is 86.4 Å². The van der Waals surface area contributed by atoms with E-state index < -0.39 is 0 Å². The monoisotopic (exact) mass is 367 g/mol. The van der Waals surface area contributed by atoms with E-state index in [1.807, 2.05) is 19.9 Å². The van der Waals surface area contributed by atoms with E-state index in [0.29, 0.717) is 18.8 Å². The first kappa shape index (κ1) is 17.3. The van der Waals surface area contributed by atoms with Crippen LogP contribution in [-0.4, -0.2) is 22.1 Å². The molecule has 4 rings (SSSR count). The fourth-order valence-electron chi connectivity index (χ4n) is 3.72. The van der Waals surface area contributed by atoms with Gasteiger partial charge in [0.1, 0.15) is 23.2 Å². The highest BCUT2D eigenvalue weighted by molar-refractivity contribution is 6.06. The number of nitrogens with one attached hydrogen (secondary N) is 1. The van der Waals surface area contributed by atoms with Crippen molar-refractivity contribution in [1.82, 2.24) is 14.9 Å². The fraction of sp³-hybridized carbons (Fsp3) is 0.350. The number of carbonyl (C=O) groups excluding carboxylic acids is 1. The molecule has 3 aromatic rings. The van der Waals surface area contributed by atoms with Crippen LogP contribution >= 0.6 is 0 Å². The van der Waals surface area contributed by atoms with Gasteiger partial charge in [0.2, 0.25) is 5.71 Å². The van der Waals surface area contributed by atoms with Crippen molar-refractivity contribution in [1.29, 1.82) is 0 Å². The number of fused-ring (bicyclic) bond motifs is 2. The molecule has 1 aliphatic heterocycles. The first-order valence-electron chi connectivity index (χ1n) is 8.86. The second-order valence-electron chi connectivity index (χ2n) is 7.04. The Balaban J connectivity index is 1.75. The number of rotatable bonds is 2. The molecule has 3 heterocycles. The zero-order valence-corrected chi connectivity index (χ0v) is 15.8. The number of furan rings is 1. The summed E-state index contributed by atoms with van der Waals surface area (Å²) in [5.74, 6) is 0.864. The molecule has 140 valence electrons. The molecule has 1 aliphatic rings. The quantitative estimate of drug-likeness (QED) is 0.753. The standard InChI is InChI=1S/C20H21N3O4/c1-10-7-11(2)17-13(8-10)14(5-6-26-17)22-18(24)15-12(3)27-19-16(15)20(25)23(4)9-21-19/h7-9,14H,5-6H2,1-4H3,(H,22,24). The lowest BCUT2D eigenvalue weighted by molar-refractivity contribution is 0.0924. The smallest absolute Gasteiger partial charge is 0.265 e. The SMILES string of the molecule is Cc1cc(C)c2c(c1)C(NC(=O)c1c(C)oc3ncn(C)c(=O)c13)CCO2. The summed E-state index contributed by atoms with van der Waals surface area (Å²) in [6, 6.07) is 3.91. The molecule has 27 heavy (non-hydrogen) atoms. The lowest BCUT2D eigenvalue weighted by Crippen LogP contribution is -2.33. The number of nitrogens with zero attached hydrogens (tertiary/aromatic N) is 2. The summed E-state index contributed by atoms with van der Waals surface area (Å²) >= 11 is 0. The van der Waals surface area contributed by atoms with Crippen LogP contribution in [0.5, 0.6) is 5.75 Å². The van der Waals surface area contributed by atoms with E-state index in [2.05, 4.69) is 16.4 Å². The van der Waals surface area contributed by atoms with E-state index in [9.17, 15) is 9.59 Å². The van der Waals surface area contributed by atoms with Gasteiger partial charge in [-0.15, -0.1) is 0 Å². The van der Waals surface area contributed by atoms with E-state index in [4.69, 9.17) is 9.15 Å². The summed E-state index contributed by atoms with van der Waals surface area (Å²) in [6.45, 7) is 6.21. The summed E-state index contributed by atoms with van der Waals surface area (Å²) in [5.41, 5.74) is 3.24. The first-order valence-corrected chi connectivity index (χ1v) is 8.86. The molecule has 0 radical (unpaired) electrons. The minimum Gasteiger partial charge on any atom is -0.493 e. The number of carbonyl (C=O) groups is 1. The molecule has 0 spiro atoms. The number of hydrogen-bond acceptors (Lipinski definition) is 5. The Labute approximate surface area is 156 Å². The van der Waals surface area contributed by atoms with Crippen molar-refractivity contribution in [3.8, 4) is 5.75 Å². The highest BCUT2D eigenvalue weighted by Crippen LogP contribution is 2.36. The Hall–Kier alpha value is -3.09. The van der Waals surface area contributed by atoms with Crippen molar-refractivity contribution in [2.45, 2.75) is 33.2 Å². The van der Waals surface area contributed by atoms with E-state index in [0.717, 1.165) is 22.4 Å². The predicted octanol–water partition coefficient (Wildman–Crippen LogP) is 2.71. The van der Waals surface area contributed by atoms with Crippen LogP contribution in [0.2, 0.25) is 0 Å². The van der Waals surface area contributed by atoms with Crippen LogP contribution in [0.25, 0.3) is 11.1 Å². The molecule has 1 amide bonds. The largest absolute Gasteiger partial charge is 0.493 e. The number of ether oxygens (including phenoxy) is 1. The molecule has 0 aliphatic carbocycles. The average Bonchev–Trinajstić information content (AvgIpc) is 2.96. The molecule has 1 atom stereocenters. The van der Waals surface area contributed by atoms with Crippen LogP contribution in [0.15, 0.2) is 27.7 Å². The zero-order chi connectivity index (χ0) is 19.3. The number of aromatic nitrogens is 2. The second kappa shape index (κ2) is 6.26. The molecule has 0 saturated heterocycles. The van der Waals surface area contributed by atoms with E-state index in [-0.39, 0.29) is 34.2 Å². The van der Waals surface area contributed by atoms with Crippen LogP contribution in [0.4, 0.5) is 0 Å². The molecular formula is C20H21N3O4. The van der Waals surface area contributed by atoms with Gasteiger partial charge in [-0.05, 0) is 26.3 Å². The van der Waals surface area contributed by atoms with Gasteiger partial charge in [0.05, 0.1) is 18.2 Å². The summed E-state index contributed by atoms with van der Waals surface area (Å²) < 4.78 is 12.7. The lowest BCUT2D eigenvalue weighted by atomic mass is 9.95. The van der Waals surface area contributed by atoms with Gasteiger partial charge >= 0.3 is 0 Å². The molecule has 0 saturated carbocycles. The fourth-order valence-corrected chi connectivity index (χ4v) is 3.72. The van der Waals surface area contributed by atoms with Gasteiger partial charge in [-0.2, -0.15) is 0 Å². The number of aryl methyl sites for hydroxylation is 4. The molecule has 2 aromatic heterocycles. The second-order valence-corrected chi connectivity index (χ2v) is 7.04. The zero-order valence-electron chi connectivity index (χ0n) is 15.8. The summed E-state index contributed by atoms with van der Waals surface area (Å²) in [7, 11) is 1.60. The van der Waals surface area contributed by atoms with Crippen LogP contribution in [0.1, 0.15) is 45.3 Å². The number of amides is 1.